The second-order valence-electron chi connectivity index (χ2n) is 4.04. The van der Waals surface area contributed by atoms with Gasteiger partial charge >= 0.3 is 5.97 Å². The van der Waals surface area contributed by atoms with E-state index in [1.807, 2.05) is 0 Å². The topological polar surface area (TPSA) is 26.3 Å². The smallest absolute Gasteiger partial charge is 0.312 e. The van der Waals surface area contributed by atoms with Crippen molar-refractivity contribution in [1.82, 2.24) is 0 Å². The molecule has 0 radical (unpaired) electrons. The quantitative estimate of drug-likeness (QED) is 0.475. The van der Waals surface area contributed by atoms with Crippen LogP contribution in [0.2, 0.25) is 0 Å². The van der Waals surface area contributed by atoms with Crippen molar-refractivity contribution < 1.29 is 9.53 Å². The molecule has 1 saturated heterocycles. The lowest BCUT2D eigenvalue weighted by atomic mass is 9.79. The van der Waals surface area contributed by atoms with Gasteiger partial charge in [-0.05, 0) is 12.8 Å². The van der Waals surface area contributed by atoms with Gasteiger partial charge in [-0.15, -0.1) is 0 Å². The van der Waals surface area contributed by atoms with Crippen LogP contribution in [0.3, 0.4) is 0 Å². The first-order valence-electron chi connectivity index (χ1n) is 3.76. The molecule has 1 heterocycles. The number of carbonyl (C=O) groups excluding carboxylic acids is 1. The van der Waals surface area contributed by atoms with Gasteiger partial charge in [0, 0.05) is 5.41 Å². The van der Waals surface area contributed by atoms with Gasteiger partial charge in [0.25, 0.3) is 0 Å². The van der Waals surface area contributed by atoms with E-state index in [9.17, 15) is 4.79 Å². The minimum Gasteiger partial charge on any atom is -0.465 e. The van der Waals surface area contributed by atoms with Crippen LogP contribution in [-0.2, 0) is 9.53 Å². The van der Waals surface area contributed by atoms with Crippen molar-refractivity contribution in [1.29, 1.82) is 0 Å². The van der Waals surface area contributed by atoms with Crippen LogP contribution in [0.1, 0.15) is 26.7 Å². The molecule has 1 saturated carbocycles. The van der Waals surface area contributed by atoms with Gasteiger partial charge in [0.2, 0.25) is 0 Å². The molecule has 0 bridgehead atoms. The van der Waals surface area contributed by atoms with Crippen LogP contribution >= 0.6 is 0 Å². The Labute approximate surface area is 60.6 Å². The molecule has 1 aliphatic heterocycles. The standard InChI is InChI=1S/C8H12O2/c1-7(2)5-10-6(9)8(7)3-4-8/h3-5H2,1-2H3. The molecule has 1 spiro atoms. The summed E-state index contributed by atoms with van der Waals surface area (Å²) in [6, 6.07) is 0. The molecule has 0 atom stereocenters. The van der Waals surface area contributed by atoms with Crippen LogP contribution in [0.5, 0.6) is 0 Å². The molecule has 0 amide bonds. The van der Waals surface area contributed by atoms with Crippen LogP contribution in [0.4, 0.5) is 0 Å². The molecule has 2 nitrogen and oxygen atoms in total. The summed E-state index contributed by atoms with van der Waals surface area (Å²) in [7, 11) is 0. The first kappa shape index (κ1) is 6.20. The fraction of sp³-hybridized carbons (Fsp3) is 0.875. The number of carbonyl (C=O) groups is 1. The molecule has 0 aromatic carbocycles. The summed E-state index contributed by atoms with van der Waals surface area (Å²) in [6.45, 7) is 4.85. The third-order valence-electron chi connectivity index (χ3n) is 3.00. The van der Waals surface area contributed by atoms with Crippen molar-refractivity contribution in [3.05, 3.63) is 0 Å². The van der Waals surface area contributed by atoms with E-state index in [1.54, 1.807) is 0 Å². The van der Waals surface area contributed by atoms with E-state index in [0.29, 0.717) is 6.61 Å². The fourth-order valence-corrected chi connectivity index (χ4v) is 1.80. The Bertz CT molecular complexity index is 189. The first-order chi connectivity index (χ1) is 4.58. The Kier molecular flexibility index (Phi) is 0.859. The lowest BCUT2D eigenvalue weighted by Crippen LogP contribution is -2.25. The average Bonchev–Trinajstić information content (AvgIpc) is 2.58. The van der Waals surface area contributed by atoms with Crippen molar-refractivity contribution in [2.75, 3.05) is 6.61 Å². The molecule has 1 aliphatic carbocycles. The molecule has 0 aromatic heterocycles. The van der Waals surface area contributed by atoms with Gasteiger partial charge in [-0.3, -0.25) is 4.79 Å². The lowest BCUT2D eigenvalue weighted by molar-refractivity contribution is -0.142. The summed E-state index contributed by atoms with van der Waals surface area (Å²) in [5.41, 5.74) is 0.0388. The van der Waals surface area contributed by atoms with Crippen molar-refractivity contribution in [2.45, 2.75) is 26.7 Å². The van der Waals surface area contributed by atoms with Crippen LogP contribution in [0, 0.1) is 10.8 Å². The number of rotatable bonds is 0. The predicted octanol–water partition coefficient (Wildman–Crippen LogP) is 1.35. The van der Waals surface area contributed by atoms with Crippen molar-refractivity contribution in [3.8, 4) is 0 Å². The highest BCUT2D eigenvalue weighted by molar-refractivity contribution is 5.83. The maximum Gasteiger partial charge on any atom is 0.312 e. The van der Waals surface area contributed by atoms with E-state index < -0.39 is 0 Å². The van der Waals surface area contributed by atoms with Crippen LogP contribution in [-0.4, -0.2) is 12.6 Å². The minimum absolute atomic E-state index is 0.0394. The monoisotopic (exact) mass is 140 g/mol. The SMILES string of the molecule is CC1(C)COC(=O)C12CC2. The third kappa shape index (κ3) is 0.482. The summed E-state index contributed by atoms with van der Waals surface area (Å²) >= 11 is 0. The zero-order valence-corrected chi connectivity index (χ0v) is 6.44. The average molecular weight is 140 g/mol. The summed E-state index contributed by atoms with van der Waals surface area (Å²) in [6.07, 6.45) is 2.08. The number of ether oxygens (including phenoxy) is 1. The van der Waals surface area contributed by atoms with E-state index in [2.05, 4.69) is 13.8 Å². The van der Waals surface area contributed by atoms with E-state index in [-0.39, 0.29) is 16.8 Å². The van der Waals surface area contributed by atoms with Gasteiger partial charge in [0.05, 0.1) is 12.0 Å². The Balaban J connectivity index is 2.35. The predicted molar refractivity (Wildman–Crippen MR) is 36.4 cm³/mol. The maximum absolute atomic E-state index is 11.2. The van der Waals surface area contributed by atoms with E-state index in [0.717, 1.165) is 12.8 Å². The van der Waals surface area contributed by atoms with E-state index in [1.165, 1.54) is 0 Å². The Morgan fingerprint density at radius 1 is 1.40 bits per heavy atom. The summed E-state index contributed by atoms with van der Waals surface area (Å²) in [5.74, 6) is 0.0394. The summed E-state index contributed by atoms with van der Waals surface area (Å²) < 4.78 is 5.01. The normalized spacial score (nSPS) is 32.4. The first-order valence-corrected chi connectivity index (χ1v) is 3.76. The molecule has 0 aromatic rings. The van der Waals surface area contributed by atoms with Crippen LogP contribution in [0.15, 0.2) is 0 Å². The van der Waals surface area contributed by atoms with E-state index >= 15 is 0 Å². The minimum atomic E-state index is -0.0625. The highest BCUT2D eigenvalue weighted by Gasteiger charge is 2.65. The zero-order valence-electron chi connectivity index (χ0n) is 6.44. The molecular formula is C8H12O2. The highest BCUT2D eigenvalue weighted by Crippen LogP contribution is 2.62. The summed E-state index contributed by atoms with van der Waals surface area (Å²) in [4.78, 5) is 11.2. The second kappa shape index (κ2) is 1.39. The van der Waals surface area contributed by atoms with Gasteiger partial charge in [-0.25, -0.2) is 0 Å². The molecule has 0 N–H and O–H groups in total. The molecule has 2 aliphatic rings. The van der Waals surface area contributed by atoms with Crippen molar-refractivity contribution in [2.24, 2.45) is 10.8 Å². The largest absolute Gasteiger partial charge is 0.465 e. The number of hydrogen-bond donors (Lipinski definition) is 0. The number of hydrogen-bond acceptors (Lipinski definition) is 2. The fourth-order valence-electron chi connectivity index (χ4n) is 1.80. The van der Waals surface area contributed by atoms with Crippen LogP contribution < -0.4 is 0 Å². The van der Waals surface area contributed by atoms with Gasteiger partial charge < -0.3 is 4.74 Å². The molecule has 2 heteroatoms. The second-order valence-corrected chi connectivity index (χ2v) is 4.04. The Morgan fingerprint density at radius 2 is 2.00 bits per heavy atom. The van der Waals surface area contributed by atoms with Crippen molar-refractivity contribution in [3.63, 3.8) is 0 Å². The Hall–Kier alpha value is -0.530. The molecule has 56 valence electrons. The van der Waals surface area contributed by atoms with Crippen LogP contribution in [0.25, 0.3) is 0 Å². The molecule has 2 rings (SSSR count). The molecule has 10 heavy (non-hydrogen) atoms. The van der Waals surface area contributed by atoms with Gasteiger partial charge in [-0.1, -0.05) is 13.8 Å². The highest BCUT2D eigenvalue weighted by atomic mass is 16.5. The number of esters is 1. The zero-order chi connectivity index (χ0) is 7.41. The third-order valence-corrected chi connectivity index (χ3v) is 3.00. The number of cyclic esters (lactones) is 1. The van der Waals surface area contributed by atoms with Gasteiger partial charge in [0.15, 0.2) is 0 Å². The Morgan fingerprint density at radius 3 is 2.20 bits per heavy atom. The van der Waals surface area contributed by atoms with Gasteiger partial charge in [-0.2, -0.15) is 0 Å². The van der Waals surface area contributed by atoms with Crippen molar-refractivity contribution >= 4 is 5.97 Å². The molecule has 2 fully saturated rings. The molecule has 0 unspecified atom stereocenters. The summed E-state index contributed by atoms with van der Waals surface area (Å²) in [5, 5.41) is 0. The molecular weight excluding hydrogens is 128 g/mol. The van der Waals surface area contributed by atoms with E-state index in [4.69, 9.17) is 4.74 Å². The maximum atomic E-state index is 11.2. The van der Waals surface area contributed by atoms with Gasteiger partial charge in [0.1, 0.15) is 0 Å². The lowest BCUT2D eigenvalue weighted by Gasteiger charge is -2.20.